The van der Waals surface area contributed by atoms with Crippen molar-refractivity contribution in [3.05, 3.63) is 77.5 Å². The SMILES string of the molecule is C=C(Nc1ccc(Cc2cccc(C)c2)cc1)C(N)(CC)C(C)C.CCCC. The van der Waals surface area contributed by atoms with Crippen LogP contribution in [0.4, 0.5) is 5.69 Å². The van der Waals surface area contributed by atoms with Gasteiger partial charge in [-0.15, -0.1) is 0 Å². The third-order valence-electron chi connectivity index (χ3n) is 5.42. The first kappa shape index (κ1) is 24.0. The number of rotatable bonds is 8. The Balaban J connectivity index is 0.000000892. The smallest absolute Gasteiger partial charge is 0.0576 e. The van der Waals surface area contributed by atoms with Crippen LogP contribution in [0.15, 0.2) is 60.8 Å². The molecule has 154 valence electrons. The molecule has 2 rings (SSSR count). The summed E-state index contributed by atoms with van der Waals surface area (Å²) in [6, 6.07) is 17.2. The van der Waals surface area contributed by atoms with E-state index in [0.717, 1.165) is 24.2 Å². The molecule has 0 amide bonds. The van der Waals surface area contributed by atoms with Gasteiger partial charge in [-0.1, -0.05) is 96.0 Å². The van der Waals surface area contributed by atoms with Crippen LogP contribution in [-0.2, 0) is 6.42 Å². The predicted octanol–water partition coefficient (Wildman–Crippen LogP) is 7.08. The Kier molecular flexibility index (Phi) is 10.0. The van der Waals surface area contributed by atoms with E-state index in [2.05, 4.69) is 102 Å². The van der Waals surface area contributed by atoms with Crippen molar-refractivity contribution >= 4 is 5.69 Å². The van der Waals surface area contributed by atoms with E-state index in [0.29, 0.717) is 5.92 Å². The first-order valence-corrected chi connectivity index (χ1v) is 10.7. The van der Waals surface area contributed by atoms with E-state index in [9.17, 15) is 0 Å². The van der Waals surface area contributed by atoms with Crippen molar-refractivity contribution in [2.75, 3.05) is 5.32 Å². The number of unbranched alkanes of at least 4 members (excludes halogenated alkanes) is 1. The highest BCUT2D eigenvalue weighted by atomic mass is 15.0. The largest absolute Gasteiger partial charge is 0.358 e. The number of nitrogens with two attached hydrogens (primary N) is 1. The highest BCUT2D eigenvalue weighted by Gasteiger charge is 2.30. The topological polar surface area (TPSA) is 38.0 Å². The fraction of sp³-hybridized carbons (Fsp3) is 0.462. The molecule has 0 spiro atoms. The molecule has 2 heteroatoms. The van der Waals surface area contributed by atoms with E-state index < -0.39 is 0 Å². The summed E-state index contributed by atoms with van der Waals surface area (Å²) in [4.78, 5) is 0. The molecule has 2 aromatic carbocycles. The van der Waals surface area contributed by atoms with Crippen molar-refractivity contribution in [1.29, 1.82) is 0 Å². The van der Waals surface area contributed by atoms with Gasteiger partial charge < -0.3 is 11.1 Å². The minimum absolute atomic E-state index is 0.336. The van der Waals surface area contributed by atoms with Crippen LogP contribution in [0.3, 0.4) is 0 Å². The highest BCUT2D eigenvalue weighted by molar-refractivity contribution is 5.51. The fourth-order valence-electron chi connectivity index (χ4n) is 3.02. The van der Waals surface area contributed by atoms with E-state index in [1.54, 1.807) is 0 Å². The van der Waals surface area contributed by atoms with Gasteiger partial charge in [-0.05, 0) is 48.9 Å². The number of hydrogen-bond donors (Lipinski definition) is 2. The first-order chi connectivity index (χ1) is 13.3. The predicted molar refractivity (Wildman–Crippen MR) is 126 cm³/mol. The van der Waals surface area contributed by atoms with Gasteiger partial charge in [0.15, 0.2) is 0 Å². The van der Waals surface area contributed by atoms with Gasteiger partial charge in [-0.25, -0.2) is 0 Å². The lowest BCUT2D eigenvalue weighted by atomic mass is 9.82. The molecule has 0 fully saturated rings. The van der Waals surface area contributed by atoms with Crippen LogP contribution in [0.5, 0.6) is 0 Å². The second-order valence-corrected chi connectivity index (χ2v) is 8.01. The second kappa shape index (κ2) is 11.7. The summed E-state index contributed by atoms with van der Waals surface area (Å²) < 4.78 is 0. The fourth-order valence-corrected chi connectivity index (χ4v) is 3.02. The zero-order chi connectivity index (χ0) is 21.2. The van der Waals surface area contributed by atoms with Gasteiger partial charge in [0.2, 0.25) is 0 Å². The highest BCUT2D eigenvalue weighted by Crippen LogP contribution is 2.27. The van der Waals surface area contributed by atoms with Gasteiger partial charge in [0.25, 0.3) is 0 Å². The normalized spacial score (nSPS) is 12.7. The molecule has 0 aliphatic heterocycles. The lowest BCUT2D eigenvalue weighted by molar-refractivity contribution is 0.355. The van der Waals surface area contributed by atoms with E-state index >= 15 is 0 Å². The van der Waals surface area contributed by atoms with E-state index in [1.807, 2.05) is 0 Å². The van der Waals surface area contributed by atoms with Gasteiger partial charge in [-0.2, -0.15) is 0 Å². The second-order valence-electron chi connectivity index (χ2n) is 8.01. The molecule has 0 radical (unpaired) electrons. The average molecular weight is 381 g/mol. The van der Waals surface area contributed by atoms with Crippen LogP contribution >= 0.6 is 0 Å². The van der Waals surface area contributed by atoms with Crippen LogP contribution in [0, 0.1) is 12.8 Å². The molecule has 0 saturated heterocycles. The lowest BCUT2D eigenvalue weighted by Crippen LogP contribution is -2.48. The molecule has 0 aliphatic rings. The molecule has 0 aliphatic carbocycles. The molecule has 28 heavy (non-hydrogen) atoms. The van der Waals surface area contributed by atoms with Gasteiger partial charge >= 0.3 is 0 Å². The van der Waals surface area contributed by atoms with Crippen molar-refractivity contribution in [2.24, 2.45) is 11.7 Å². The van der Waals surface area contributed by atoms with Gasteiger partial charge in [0.05, 0.1) is 5.54 Å². The van der Waals surface area contributed by atoms with Crippen LogP contribution in [0.2, 0.25) is 0 Å². The Hall–Kier alpha value is -2.06. The first-order valence-electron chi connectivity index (χ1n) is 10.7. The number of hydrogen-bond acceptors (Lipinski definition) is 2. The molecule has 2 aromatic rings. The standard InChI is InChI=1S/C22H30N2.C4H10/c1-6-22(23,16(2)3)18(5)24-21-12-10-19(11-13-21)15-20-9-7-8-17(4)14-20;1-3-4-2/h7-14,16,24H,5-6,15,23H2,1-4H3;3-4H2,1-2H3. The van der Waals surface area contributed by atoms with Crippen molar-refractivity contribution < 1.29 is 0 Å². The monoisotopic (exact) mass is 380 g/mol. The van der Waals surface area contributed by atoms with Crippen LogP contribution in [0.1, 0.15) is 70.6 Å². The molecule has 0 bridgehead atoms. The summed E-state index contributed by atoms with van der Waals surface area (Å²) >= 11 is 0. The third-order valence-corrected chi connectivity index (χ3v) is 5.42. The summed E-state index contributed by atoms with van der Waals surface area (Å²) in [5.74, 6) is 0.336. The lowest BCUT2D eigenvalue weighted by Gasteiger charge is -2.35. The summed E-state index contributed by atoms with van der Waals surface area (Å²) in [6.45, 7) is 17.1. The summed E-state index contributed by atoms with van der Waals surface area (Å²) in [5.41, 5.74) is 12.0. The number of nitrogens with one attached hydrogen (secondary N) is 1. The van der Waals surface area contributed by atoms with Crippen molar-refractivity contribution in [3.63, 3.8) is 0 Å². The summed E-state index contributed by atoms with van der Waals surface area (Å²) in [5, 5.41) is 3.40. The molecule has 1 unspecified atom stereocenters. The summed E-state index contributed by atoms with van der Waals surface area (Å²) in [6.07, 6.45) is 4.45. The molecular formula is C26H40N2. The van der Waals surface area contributed by atoms with Crippen LogP contribution in [-0.4, -0.2) is 5.54 Å². The molecule has 3 N–H and O–H groups in total. The third kappa shape index (κ3) is 7.16. The van der Waals surface area contributed by atoms with Crippen LogP contribution < -0.4 is 11.1 Å². The van der Waals surface area contributed by atoms with E-state index in [1.165, 1.54) is 29.5 Å². The Morgan fingerprint density at radius 3 is 2.07 bits per heavy atom. The quantitative estimate of drug-likeness (QED) is 0.513. The number of benzene rings is 2. The van der Waals surface area contributed by atoms with Gasteiger partial charge in [-0.3, -0.25) is 0 Å². The summed E-state index contributed by atoms with van der Waals surface area (Å²) in [7, 11) is 0. The molecule has 1 atom stereocenters. The Labute approximate surface area is 173 Å². The van der Waals surface area contributed by atoms with Gasteiger partial charge in [0, 0.05) is 11.4 Å². The molecule has 0 aromatic heterocycles. The van der Waals surface area contributed by atoms with E-state index in [-0.39, 0.29) is 5.54 Å². The Morgan fingerprint density at radius 1 is 1.00 bits per heavy atom. The molecule has 2 nitrogen and oxygen atoms in total. The average Bonchev–Trinajstić information content (AvgIpc) is 2.68. The van der Waals surface area contributed by atoms with Crippen molar-refractivity contribution in [1.82, 2.24) is 0 Å². The Bertz CT molecular complexity index is 713. The molecule has 0 heterocycles. The molecule has 0 saturated carbocycles. The maximum Gasteiger partial charge on any atom is 0.0576 e. The van der Waals surface area contributed by atoms with Crippen LogP contribution in [0.25, 0.3) is 0 Å². The number of anilines is 1. The Morgan fingerprint density at radius 2 is 1.61 bits per heavy atom. The maximum absolute atomic E-state index is 6.52. The molecular weight excluding hydrogens is 340 g/mol. The minimum atomic E-state index is -0.389. The van der Waals surface area contributed by atoms with Crippen molar-refractivity contribution in [3.8, 4) is 0 Å². The zero-order valence-corrected chi connectivity index (χ0v) is 18.8. The minimum Gasteiger partial charge on any atom is -0.358 e. The van der Waals surface area contributed by atoms with Crippen molar-refractivity contribution in [2.45, 2.75) is 72.8 Å². The van der Waals surface area contributed by atoms with Gasteiger partial charge in [0.1, 0.15) is 0 Å². The maximum atomic E-state index is 6.52. The zero-order valence-electron chi connectivity index (χ0n) is 18.8. The number of aryl methyl sites for hydroxylation is 1. The van der Waals surface area contributed by atoms with E-state index in [4.69, 9.17) is 5.73 Å².